The van der Waals surface area contributed by atoms with Gasteiger partial charge in [0, 0.05) is 54.7 Å². The fourth-order valence-corrected chi connectivity index (χ4v) is 17.6. The number of ether oxygens (including phenoxy) is 17. The average molecular weight is 1870 g/mol. The molecule has 5 aliphatic heterocycles. The number of para-hydroxylation sites is 2. The van der Waals surface area contributed by atoms with Crippen molar-refractivity contribution in [2.45, 2.75) is 152 Å². The summed E-state index contributed by atoms with van der Waals surface area (Å²) in [6.45, 7) is 6.26. The second-order valence-electron chi connectivity index (χ2n) is 34.4. The number of hydrogen-bond donors (Lipinski definition) is 0. The molecule has 28 nitrogen and oxygen atoms in total. The van der Waals surface area contributed by atoms with Crippen LogP contribution >= 0.6 is 0 Å². The third kappa shape index (κ3) is 24.3. The van der Waals surface area contributed by atoms with Gasteiger partial charge in [0.25, 0.3) is 0 Å². The van der Waals surface area contributed by atoms with E-state index >= 15 is 0 Å². The van der Waals surface area contributed by atoms with Gasteiger partial charge in [-0.05, 0) is 153 Å². The van der Waals surface area contributed by atoms with Gasteiger partial charge in [-0.25, -0.2) is 43.2 Å². The minimum Gasteiger partial charge on any atom is -0.459 e. The van der Waals surface area contributed by atoms with Crippen LogP contribution in [0.25, 0.3) is 0 Å². The van der Waals surface area contributed by atoms with Crippen LogP contribution in [0, 0.1) is 23.7 Å². The second kappa shape index (κ2) is 47.1. The van der Waals surface area contributed by atoms with Gasteiger partial charge in [-0.3, -0.25) is 0 Å². The fourth-order valence-electron chi connectivity index (χ4n) is 17.6. The van der Waals surface area contributed by atoms with Crippen LogP contribution in [0.5, 0.6) is 0 Å². The summed E-state index contributed by atoms with van der Waals surface area (Å²) in [5.41, 5.74) is 3.43. The number of anilines is 2. The molecule has 16 rings (SSSR count). The van der Waals surface area contributed by atoms with Crippen molar-refractivity contribution in [2.24, 2.45) is 23.7 Å². The first kappa shape index (κ1) is 97.0. The Balaban J connectivity index is 0.740. The summed E-state index contributed by atoms with van der Waals surface area (Å²) in [5, 5.41) is 0. The maximum absolute atomic E-state index is 15.0. The van der Waals surface area contributed by atoms with Gasteiger partial charge < -0.3 is 90.3 Å². The van der Waals surface area contributed by atoms with Crippen LogP contribution in [-0.2, 0) is 80.5 Å². The van der Waals surface area contributed by atoms with E-state index in [4.69, 9.17) is 80.5 Å². The summed E-state index contributed by atoms with van der Waals surface area (Å²) in [6, 6.07) is 93.8. The summed E-state index contributed by atoms with van der Waals surface area (Å²) >= 11 is 0. The molecule has 28 heteroatoms. The van der Waals surface area contributed by atoms with Crippen molar-refractivity contribution in [1.82, 2.24) is 0 Å². The highest BCUT2D eigenvalue weighted by molar-refractivity contribution is 5.94. The van der Waals surface area contributed by atoms with Gasteiger partial charge in [-0.2, -0.15) is 0 Å². The molecule has 0 radical (unpaired) electrons. The first-order valence-electron chi connectivity index (χ1n) is 46.4. The lowest BCUT2D eigenvalue weighted by atomic mass is 9.89. The number of carbonyl (C=O) groups is 9. The highest BCUT2D eigenvalue weighted by Gasteiger charge is 2.57. The minimum absolute atomic E-state index is 0.0332. The van der Waals surface area contributed by atoms with Crippen molar-refractivity contribution >= 4 is 65.1 Å². The van der Waals surface area contributed by atoms with Crippen LogP contribution in [0.4, 0.5) is 11.4 Å². The second-order valence-corrected chi connectivity index (χ2v) is 34.4. The molecule has 5 heterocycles. The Morgan fingerprint density at radius 2 is 0.435 bits per heavy atom. The molecule has 138 heavy (non-hydrogen) atoms. The zero-order valence-corrected chi connectivity index (χ0v) is 76.5. The highest BCUT2D eigenvalue weighted by Crippen LogP contribution is 2.42. The third-order valence-electron chi connectivity index (χ3n) is 25.3. The number of hydrogen-bond acceptors (Lipinski definition) is 28. The normalized spacial score (nSPS) is 25.2. The third-order valence-corrected chi connectivity index (χ3v) is 25.3. The molecule has 11 aromatic rings. The Bertz CT molecular complexity index is 5750. The summed E-state index contributed by atoms with van der Waals surface area (Å²) in [7, 11) is 0. The van der Waals surface area contributed by atoms with Crippen molar-refractivity contribution < 1.29 is 124 Å². The molecule has 0 saturated carbocycles. The van der Waals surface area contributed by atoms with Crippen molar-refractivity contribution in [3.8, 4) is 0 Å². The molecular formula is C110H108N2O26. The van der Waals surface area contributed by atoms with Crippen molar-refractivity contribution in [2.75, 3.05) is 55.9 Å². The van der Waals surface area contributed by atoms with E-state index in [0.717, 1.165) is 24.5 Å². The van der Waals surface area contributed by atoms with Crippen LogP contribution in [0.1, 0.15) is 140 Å². The van der Waals surface area contributed by atoms with Crippen LogP contribution in [0.3, 0.4) is 0 Å². The molecule has 5 fully saturated rings. The Kier molecular flexibility index (Phi) is 33.1. The largest absolute Gasteiger partial charge is 0.459 e. The summed E-state index contributed by atoms with van der Waals surface area (Å²) in [6.07, 6.45) is -22.0. The van der Waals surface area contributed by atoms with E-state index in [9.17, 15) is 43.2 Å². The lowest BCUT2D eigenvalue weighted by Gasteiger charge is -2.47. The lowest BCUT2D eigenvalue weighted by molar-refractivity contribution is -0.335. The van der Waals surface area contributed by atoms with E-state index in [1.54, 1.807) is 252 Å². The van der Waals surface area contributed by atoms with Crippen molar-refractivity contribution in [3.63, 3.8) is 0 Å². The van der Waals surface area contributed by atoms with Gasteiger partial charge in [0.05, 0.1) is 88.2 Å². The van der Waals surface area contributed by atoms with Crippen molar-refractivity contribution in [3.05, 3.63) is 384 Å². The number of carbonyl (C=O) groups excluding carboxylic acids is 9. The Labute approximate surface area is 799 Å². The zero-order chi connectivity index (χ0) is 95.8. The molecule has 0 spiro atoms. The molecule has 0 unspecified atom stereocenters. The minimum atomic E-state index is -1.81. The molecule has 5 saturated heterocycles. The predicted octanol–water partition coefficient (Wildman–Crippen LogP) is 16.7. The molecule has 5 aliphatic rings. The molecule has 0 aromatic heterocycles. The van der Waals surface area contributed by atoms with Crippen LogP contribution in [-0.4, -0.2) is 204 Å². The van der Waals surface area contributed by atoms with Gasteiger partial charge in [0.1, 0.15) is 43.3 Å². The molecule has 0 aliphatic carbocycles. The molecule has 20 atom stereocenters. The maximum Gasteiger partial charge on any atom is 0.338 e. The zero-order valence-electron chi connectivity index (χ0n) is 76.5. The predicted molar refractivity (Wildman–Crippen MR) is 502 cm³/mol. The van der Waals surface area contributed by atoms with Crippen molar-refractivity contribution in [1.29, 1.82) is 0 Å². The fraction of sp³-hybridized carbons (Fsp3) is 0.318. The number of rotatable bonds is 36. The average Bonchev–Trinajstić information content (AvgIpc) is 0.984. The van der Waals surface area contributed by atoms with E-state index in [2.05, 4.69) is 34.1 Å². The van der Waals surface area contributed by atoms with Gasteiger partial charge >= 0.3 is 53.7 Å². The Morgan fingerprint density at radius 3 is 0.667 bits per heavy atom. The maximum atomic E-state index is 15.0. The summed E-state index contributed by atoms with van der Waals surface area (Å²) in [5.74, 6) is -11.4. The first-order valence-corrected chi connectivity index (χ1v) is 46.4. The Morgan fingerprint density at radius 1 is 0.239 bits per heavy atom. The van der Waals surface area contributed by atoms with Crippen LogP contribution in [0.15, 0.2) is 334 Å². The standard InChI is InChI=1S/C110H108N2O26/c1-70-85(66-123-98(113)74-40-16-5-17-41-74)128-108(95(136-104(119)80-52-28-11-29-53-80)91(70)132-100(115)76-44-20-7-21-45-76)125-68-87-72(3)93(134-102(117)78-48-24-9-25-49-78)97(138-106(121)82-56-32-13-33-57-82)110(130-87)126-69-88-73(4)92(133-101(116)77-46-22-8-23-47-77)96(137-105(120)81-54-30-12-31-55-81)109(129-88)124-67-86-71(2)90(131-99(114)75-42-18-6-19-43-75)94(135-103(118)79-50-26-10-27-51-79)107(127-86)122-65-39-38-62-89-111(83-58-34-14-35-59-83)63-64-112(89)84-60-36-15-37-61-84/h5-37,40-61,70-73,85-97,107-110H,38-39,62-69H2,1-4H3/t70-,71-,72-,73-,85-,86-,87-,88-,90+,91+,92+,93+,94-,95-,96-,97-,107-,108-,109-,110-/m1/s1. The summed E-state index contributed by atoms with van der Waals surface area (Å²) < 4.78 is 114. The number of esters is 9. The van der Waals surface area contributed by atoms with Gasteiger partial charge in [-0.1, -0.05) is 228 Å². The van der Waals surface area contributed by atoms with Gasteiger partial charge in [0.2, 0.25) is 0 Å². The molecule has 0 N–H and O–H groups in total. The molecule has 11 aromatic carbocycles. The number of benzene rings is 11. The van der Waals surface area contributed by atoms with E-state index in [-0.39, 0.29) is 62.8 Å². The highest BCUT2D eigenvalue weighted by atomic mass is 16.8. The Hall–Kier alpha value is -14.1. The first-order chi connectivity index (χ1) is 67.4. The molecule has 0 bridgehead atoms. The molecular weight excluding hydrogens is 1770 g/mol. The van der Waals surface area contributed by atoms with E-state index < -0.39 is 202 Å². The molecule has 0 amide bonds. The van der Waals surface area contributed by atoms with Crippen LogP contribution < -0.4 is 9.80 Å². The van der Waals surface area contributed by atoms with E-state index in [1.807, 2.05) is 36.4 Å². The molecule has 714 valence electrons. The SMILES string of the molecule is C[C@H]1[C@H](OC(=O)c2ccccc2)[C@@H](OC(=O)c2ccccc2)[C@H](OC[C@H]2O[C@@H](OC[C@H]3O[C@@H](OC[C@H]4O[C@@H](OCCCCC5N(c6ccccc6)CCN5c5ccccc5)[C@H](OC(=O)c5ccccc5)[C@@H](OC(=O)c5ccccc5)[C@@H]4C)[C@H](OC(=O)c4ccccc4)[C@@H](OC(=O)c4ccccc4)[C@@H]3C)[C@H](OC(=O)c3ccccc3)[C@@H](OC(=O)c3ccccc3)[C@@H]2C)O[C@@H]1COC(=O)c1ccccc1. The van der Waals surface area contributed by atoms with Gasteiger partial charge in [0.15, 0.2) is 49.6 Å². The monoisotopic (exact) mass is 1870 g/mol. The van der Waals surface area contributed by atoms with E-state index in [1.165, 1.54) is 48.5 Å². The van der Waals surface area contributed by atoms with E-state index in [0.29, 0.717) is 19.3 Å². The quantitative estimate of drug-likeness (QED) is 0.0200. The van der Waals surface area contributed by atoms with Gasteiger partial charge in [-0.15, -0.1) is 0 Å². The number of unbranched alkanes of at least 4 members (excludes halogenated alkanes) is 1. The summed E-state index contributed by atoms with van der Waals surface area (Å²) in [4.78, 5) is 137. The topological polar surface area (TPSA) is 317 Å². The lowest BCUT2D eigenvalue weighted by Crippen LogP contribution is -2.62. The van der Waals surface area contributed by atoms with Crippen LogP contribution in [0.2, 0.25) is 0 Å². The number of nitrogens with zero attached hydrogens (tertiary/aromatic N) is 2. The smallest absolute Gasteiger partial charge is 0.338 e.